The summed E-state index contributed by atoms with van der Waals surface area (Å²) in [7, 11) is 0. The lowest BCUT2D eigenvalue weighted by atomic mass is 9.87. The van der Waals surface area contributed by atoms with Gasteiger partial charge in [-0.05, 0) is 26.3 Å². The molecule has 0 aliphatic heterocycles. The van der Waals surface area contributed by atoms with Gasteiger partial charge in [0.15, 0.2) is 0 Å². The Kier molecular flexibility index (Phi) is 2.87. The fourth-order valence-corrected chi connectivity index (χ4v) is 2.01. The Morgan fingerprint density at radius 3 is 2.65 bits per heavy atom. The van der Waals surface area contributed by atoms with Crippen LogP contribution >= 0.6 is 0 Å². The van der Waals surface area contributed by atoms with E-state index in [0.29, 0.717) is 12.3 Å². The molecule has 17 heavy (non-hydrogen) atoms. The van der Waals surface area contributed by atoms with Crippen LogP contribution in [0.3, 0.4) is 0 Å². The van der Waals surface area contributed by atoms with Crippen LogP contribution in [0.1, 0.15) is 37.5 Å². The minimum atomic E-state index is -0.152. The first-order chi connectivity index (χ1) is 8.01. The summed E-state index contributed by atoms with van der Waals surface area (Å²) in [5.41, 5.74) is 7.78. The fourth-order valence-electron chi connectivity index (χ4n) is 2.01. The highest BCUT2D eigenvalue weighted by atomic mass is 15.3. The molecule has 2 aromatic heterocycles. The number of fused-ring (bicyclic) bond motifs is 1. The second-order valence-electron chi connectivity index (χ2n) is 4.82. The largest absolute Gasteiger partial charge is 0.329 e. The van der Waals surface area contributed by atoms with Gasteiger partial charge in [-0.25, -0.2) is 4.98 Å². The molecule has 0 aliphatic carbocycles. The molecule has 0 saturated heterocycles. The van der Waals surface area contributed by atoms with E-state index in [1.54, 1.807) is 0 Å². The summed E-state index contributed by atoms with van der Waals surface area (Å²) in [4.78, 5) is 4.39. The molecule has 0 radical (unpaired) electrons. The molecule has 0 saturated carbocycles. The Balaban J connectivity index is 2.72. The number of hydrogen-bond acceptors (Lipinski definition) is 4. The third-order valence-electron chi connectivity index (χ3n) is 3.46. The van der Waals surface area contributed by atoms with Gasteiger partial charge in [0.25, 0.3) is 5.78 Å². The second kappa shape index (κ2) is 4.07. The van der Waals surface area contributed by atoms with Crippen LogP contribution < -0.4 is 5.73 Å². The van der Waals surface area contributed by atoms with Crippen LogP contribution in [0.5, 0.6) is 0 Å². The van der Waals surface area contributed by atoms with Crippen molar-refractivity contribution in [2.24, 2.45) is 5.73 Å². The molecule has 0 bridgehead atoms. The molecule has 2 aromatic rings. The van der Waals surface area contributed by atoms with E-state index in [1.165, 1.54) is 0 Å². The maximum Gasteiger partial charge on any atom is 0.255 e. The molecule has 1 unspecified atom stereocenters. The van der Waals surface area contributed by atoms with Gasteiger partial charge in [-0.1, -0.05) is 13.8 Å². The molecule has 1 atom stereocenters. The van der Waals surface area contributed by atoms with E-state index in [9.17, 15) is 0 Å². The topological polar surface area (TPSA) is 69.1 Å². The highest BCUT2D eigenvalue weighted by molar-refractivity contribution is 5.34. The lowest BCUT2D eigenvalue weighted by molar-refractivity contribution is 0.432. The van der Waals surface area contributed by atoms with Crippen LogP contribution in [0, 0.1) is 13.8 Å². The SMILES string of the molecule is CCC(C)(CN)c1nnc2nc(C)cc(C)n12. The summed E-state index contributed by atoms with van der Waals surface area (Å²) in [6, 6.07) is 2.03. The summed E-state index contributed by atoms with van der Waals surface area (Å²) >= 11 is 0. The van der Waals surface area contributed by atoms with E-state index >= 15 is 0 Å². The molecule has 92 valence electrons. The van der Waals surface area contributed by atoms with Gasteiger partial charge in [0.05, 0.1) is 0 Å². The van der Waals surface area contributed by atoms with Crippen molar-refractivity contribution in [3.05, 3.63) is 23.3 Å². The first kappa shape index (κ1) is 12.0. The number of rotatable bonds is 3. The Morgan fingerprint density at radius 1 is 1.35 bits per heavy atom. The molecular formula is C12H19N5. The Morgan fingerprint density at radius 2 is 2.06 bits per heavy atom. The van der Waals surface area contributed by atoms with Gasteiger partial charge in [0.1, 0.15) is 5.82 Å². The number of nitrogens with zero attached hydrogens (tertiary/aromatic N) is 4. The standard InChI is InChI=1S/C12H19N5/c1-5-12(4,7-13)10-15-16-11-14-8(2)6-9(3)17(10)11/h6H,5,7,13H2,1-4H3. The summed E-state index contributed by atoms with van der Waals surface area (Å²) in [6.45, 7) is 8.79. The van der Waals surface area contributed by atoms with Gasteiger partial charge >= 0.3 is 0 Å². The molecule has 0 fully saturated rings. The average molecular weight is 233 g/mol. The van der Waals surface area contributed by atoms with Gasteiger partial charge in [0.2, 0.25) is 0 Å². The van der Waals surface area contributed by atoms with Crippen molar-refractivity contribution in [1.82, 2.24) is 19.6 Å². The lowest BCUT2D eigenvalue weighted by Gasteiger charge is -2.24. The van der Waals surface area contributed by atoms with Crippen LogP contribution in [0.4, 0.5) is 0 Å². The molecule has 5 heteroatoms. The van der Waals surface area contributed by atoms with Crippen molar-refractivity contribution in [2.45, 2.75) is 39.5 Å². The van der Waals surface area contributed by atoms with Crippen LogP contribution in [0.25, 0.3) is 5.78 Å². The zero-order valence-corrected chi connectivity index (χ0v) is 10.9. The van der Waals surface area contributed by atoms with Crippen molar-refractivity contribution >= 4 is 5.78 Å². The van der Waals surface area contributed by atoms with E-state index in [1.807, 2.05) is 24.3 Å². The Bertz CT molecular complexity index is 539. The van der Waals surface area contributed by atoms with Crippen molar-refractivity contribution < 1.29 is 0 Å². The van der Waals surface area contributed by atoms with E-state index in [-0.39, 0.29) is 5.41 Å². The molecule has 0 aromatic carbocycles. The minimum Gasteiger partial charge on any atom is -0.329 e. The van der Waals surface area contributed by atoms with Crippen LogP contribution in [0.15, 0.2) is 6.07 Å². The van der Waals surface area contributed by atoms with Crippen LogP contribution in [-0.4, -0.2) is 26.1 Å². The van der Waals surface area contributed by atoms with Crippen molar-refractivity contribution in [2.75, 3.05) is 6.54 Å². The quantitative estimate of drug-likeness (QED) is 0.869. The van der Waals surface area contributed by atoms with Gasteiger partial charge in [-0.3, -0.25) is 4.40 Å². The molecular weight excluding hydrogens is 214 g/mol. The first-order valence-electron chi connectivity index (χ1n) is 5.92. The monoisotopic (exact) mass is 233 g/mol. The number of aryl methyl sites for hydroxylation is 2. The number of nitrogens with two attached hydrogens (primary N) is 1. The summed E-state index contributed by atoms with van der Waals surface area (Å²) in [5.74, 6) is 1.56. The smallest absolute Gasteiger partial charge is 0.255 e. The third kappa shape index (κ3) is 1.80. The zero-order valence-electron chi connectivity index (χ0n) is 10.9. The highest BCUT2D eigenvalue weighted by Gasteiger charge is 2.29. The predicted molar refractivity (Wildman–Crippen MR) is 67.0 cm³/mol. The highest BCUT2D eigenvalue weighted by Crippen LogP contribution is 2.25. The Labute approximate surface area is 101 Å². The maximum absolute atomic E-state index is 5.88. The van der Waals surface area contributed by atoms with E-state index < -0.39 is 0 Å². The van der Waals surface area contributed by atoms with Crippen molar-refractivity contribution in [1.29, 1.82) is 0 Å². The van der Waals surface area contributed by atoms with Crippen LogP contribution in [0.2, 0.25) is 0 Å². The molecule has 2 N–H and O–H groups in total. The summed E-state index contributed by atoms with van der Waals surface area (Å²) in [6.07, 6.45) is 0.928. The summed E-state index contributed by atoms with van der Waals surface area (Å²) in [5, 5.41) is 8.43. The molecule has 2 heterocycles. The first-order valence-corrected chi connectivity index (χ1v) is 5.92. The van der Waals surface area contributed by atoms with Crippen molar-refractivity contribution in [3.8, 4) is 0 Å². The molecule has 2 rings (SSSR count). The zero-order chi connectivity index (χ0) is 12.6. The van der Waals surface area contributed by atoms with Gasteiger partial charge in [0, 0.05) is 23.3 Å². The van der Waals surface area contributed by atoms with Gasteiger partial charge < -0.3 is 5.73 Å². The van der Waals surface area contributed by atoms with Crippen LogP contribution in [-0.2, 0) is 5.41 Å². The van der Waals surface area contributed by atoms with Gasteiger partial charge in [-0.15, -0.1) is 10.2 Å². The van der Waals surface area contributed by atoms with Gasteiger partial charge in [-0.2, -0.15) is 0 Å². The second-order valence-corrected chi connectivity index (χ2v) is 4.82. The Hall–Kier alpha value is -1.49. The van der Waals surface area contributed by atoms with E-state index in [4.69, 9.17) is 5.73 Å². The number of hydrogen-bond donors (Lipinski definition) is 1. The number of aromatic nitrogens is 4. The molecule has 5 nitrogen and oxygen atoms in total. The normalized spacial score (nSPS) is 15.1. The summed E-state index contributed by atoms with van der Waals surface area (Å²) < 4.78 is 2.00. The average Bonchev–Trinajstić information content (AvgIpc) is 2.72. The van der Waals surface area contributed by atoms with E-state index in [0.717, 1.165) is 23.6 Å². The third-order valence-corrected chi connectivity index (χ3v) is 3.46. The molecule has 0 aliphatic rings. The maximum atomic E-state index is 5.88. The predicted octanol–water partition coefficient (Wildman–Crippen LogP) is 1.37. The van der Waals surface area contributed by atoms with Crippen molar-refractivity contribution in [3.63, 3.8) is 0 Å². The van der Waals surface area contributed by atoms with E-state index in [2.05, 4.69) is 29.0 Å². The molecule has 0 spiro atoms. The minimum absolute atomic E-state index is 0.152. The lowest BCUT2D eigenvalue weighted by Crippen LogP contribution is -2.33. The molecule has 0 amide bonds. The fraction of sp³-hybridized carbons (Fsp3) is 0.583.